The van der Waals surface area contributed by atoms with Crippen molar-refractivity contribution in [1.29, 1.82) is 0 Å². The molecule has 2 heterocycles. The maximum atomic E-state index is 10.3. The number of halogens is 1. The molecule has 0 aliphatic carbocycles. The summed E-state index contributed by atoms with van der Waals surface area (Å²) in [4.78, 5) is 5.32. The third-order valence-electron chi connectivity index (χ3n) is 3.07. The lowest BCUT2D eigenvalue weighted by Crippen LogP contribution is -2.00. The van der Waals surface area contributed by atoms with Crippen LogP contribution in [0.15, 0.2) is 52.4 Å². The number of benzene rings is 1. The molecule has 0 saturated heterocycles. The minimum absolute atomic E-state index is 0.470. The second-order valence-corrected chi connectivity index (χ2v) is 6.23. The minimum Gasteiger partial charge on any atom is -0.387 e. The zero-order valence-electron chi connectivity index (χ0n) is 10.1. The Hall–Kier alpha value is -1.23. The molecule has 0 saturated carbocycles. The Bertz CT molecular complexity index is 705. The van der Waals surface area contributed by atoms with E-state index < -0.39 is 6.10 Å². The van der Waals surface area contributed by atoms with Gasteiger partial charge < -0.3 is 5.11 Å². The molecule has 0 fully saturated rings. The molecule has 0 amide bonds. The molecule has 3 aromatic rings. The Morgan fingerprint density at radius 2 is 2.11 bits per heavy atom. The molecule has 0 radical (unpaired) electrons. The van der Waals surface area contributed by atoms with E-state index in [1.165, 1.54) is 0 Å². The second kappa shape index (κ2) is 5.41. The van der Waals surface area contributed by atoms with Crippen molar-refractivity contribution in [3.63, 3.8) is 0 Å². The summed E-state index contributed by atoms with van der Waals surface area (Å²) >= 11 is 4.98. The fourth-order valence-corrected chi connectivity index (χ4v) is 3.58. The van der Waals surface area contributed by atoms with Gasteiger partial charge in [0.1, 0.15) is 0 Å². The van der Waals surface area contributed by atoms with E-state index >= 15 is 0 Å². The number of nitrogens with zero attached hydrogens (tertiary/aromatic N) is 1. The van der Waals surface area contributed by atoms with Crippen LogP contribution < -0.4 is 0 Å². The summed E-state index contributed by atoms with van der Waals surface area (Å²) in [5, 5.41) is 13.4. The summed E-state index contributed by atoms with van der Waals surface area (Å²) < 4.78 is 1.02. The Balaban J connectivity index is 1.93. The summed E-state index contributed by atoms with van der Waals surface area (Å²) in [6.07, 6.45) is 1.94. The van der Waals surface area contributed by atoms with Crippen LogP contribution in [0.5, 0.6) is 0 Å². The van der Waals surface area contributed by atoms with E-state index in [0.717, 1.165) is 25.8 Å². The number of aromatic nitrogens is 1. The van der Waals surface area contributed by atoms with Crippen molar-refractivity contribution in [2.45, 2.75) is 12.5 Å². The predicted octanol–water partition coefficient (Wildman–Crippen LogP) is 4.33. The molecular formula is C15H12BrNOS. The van der Waals surface area contributed by atoms with Gasteiger partial charge in [0.2, 0.25) is 0 Å². The molecule has 1 unspecified atom stereocenters. The normalized spacial score (nSPS) is 12.7. The smallest absolute Gasteiger partial charge is 0.0922 e. The van der Waals surface area contributed by atoms with E-state index in [1.54, 1.807) is 17.5 Å². The summed E-state index contributed by atoms with van der Waals surface area (Å²) in [5.74, 6) is 0. The summed E-state index contributed by atoms with van der Waals surface area (Å²) in [6, 6.07) is 12.0. The van der Waals surface area contributed by atoms with Crippen molar-refractivity contribution >= 4 is 38.2 Å². The number of hydrogen-bond donors (Lipinski definition) is 1. The van der Waals surface area contributed by atoms with Crippen LogP contribution in [0.2, 0.25) is 0 Å². The third kappa shape index (κ3) is 2.71. The third-order valence-corrected chi connectivity index (χ3v) is 4.86. The molecule has 1 atom stereocenters. The highest BCUT2D eigenvalue weighted by Crippen LogP contribution is 2.29. The van der Waals surface area contributed by atoms with E-state index in [1.807, 2.05) is 35.7 Å². The second-order valence-electron chi connectivity index (χ2n) is 4.37. The molecule has 4 heteroatoms. The van der Waals surface area contributed by atoms with Crippen LogP contribution in [0, 0.1) is 0 Å². The highest BCUT2D eigenvalue weighted by Gasteiger charge is 2.12. The lowest BCUT2D eigenvalue weighted by atomic mass is 10.0. The fraction of sp³-hybridized carbons (Fsp3) is 0.133. The number of thiophene rings is 1. The van der Waals surface area contributed by atoms with Crippen molar-refractivity contribution in [3.05, 3.63) is 62.9 Å². The van der Waals surface area contributed by atoms with Gasteiger partial charge in [0.15, 0.2) is 0 Å². The highest BCUT2D eigenvalue weighted by molar-refractivity contribution is 9.10. The molecule has 0 spiro atoms. The van der Waals surface area contributed by atoms with Crippen LogP contribution in [0.3, 0.4) is 0 Å². The number of para-hydroxylation sites is 1. The molecule has 96 valence electrons. The van der Waals surface area contributed by atoms with Crippen LogP contribution >= 0.6 is 27.3 Å². The summed E-state index contributed by atoms with van der Waals surface area (Å²) in [6.45, 7) is 0. The van der Waals surface area contributed by atoms with E-state index in [4.69, 9.17) is 0 Å². The standard InChI is InChI=1S/C15H12BrNOS/c16-11-8-15(19-9-11)14(18)7-10-5-6-17-13-4-2-1-3-12(10)13/h1-6,8-9,14,18H,7H2. The summed E-state index contributed by atoms with van der Waals surface area (Å²) in [5.41, 5.74) is 2.10. The number of pyridine rings is 1. The Morgan fingerprint density at radius 1 is 1.26 bits per heavy atom. The molecule has 0 aliphatic heterocycles. The van der Waals surface area contributed by atoms with Gasteiger partial charge in [-0.2, -0.15) is 0 Å². The van der Waals surface area contributed by atoms with Crippen LogP contribution in [0.1, 0.15) is 16.5 Å². The highest BCUT2D eigenvalue weighted by atomic mass is 79.9. The van der Waals surface area contributed by atoms with Crippen molar-refractivity contribution in [3.8, 4) is 0 Å². The average molecular weight is 334 g/mol. The minimum atomic E-state index is -0.470. The maximum absolute atomic E-state index is 10.3. The SMILES string of the molecule is OC(Cc1ccnc2ccccc12)c1cc(Br)cs1. The van der Waals surface area contributed by atoms with Crippen molar-refractivity contribution in [2.24, 2.45) is 0 Å². The number of aliphatic hydroxyl groups excluding tert-OH is 1. The maximum Gasteiger partial charge on any atom is 0.0922 e. The molecule has 1 N–H and O–H groups in total. The van der Waals surface area contributed by atoms with Crippen molar-refractivity contribution in [1.82, 2.24) is 4.98 Å². The van der Waals surface area contributed by atoms with Crippen LogP contribution in [-0.2, 0) is 6.42 Å². The molecular weight excluding hydrogens is 322 g/mol. The summed E-state index contributed by atoms with van der Waals surface area (Å²) in [7, 11) is 0. The molecule has 2 nitrogen and oxygen atoms in total. The number of rotatable bonds is 3. The molecule has 19 heavy (non-hydrogen) atoms. The molecule has 3 rings (SSSR count). The van der Waals surface area contributed by atoms with Gasteiger partial charge in [-0.3, -0.25) is 4.98 Å². The Kier molecular flexibility index (Phi) is 3.64. The van der Waals surface area contributed by atoms with Gasteiger partial charge in [0.05, 0.1) is 11.6 Å². The van der Waals surface area contributed by atoms with Crippen molar-refractivity contribution < 1.29 is 5.11 Å². The monoisotopic (exact) mass is 333 g/mol. The number of fused-ring (bicyclic) bond motifs is 1. The van der Waals surface area contributed by atoms with Crippen molar-refractivity contribution in [2.75, 3.05) is 0 Å². The van der Waals surface area contributed by atoms with Crippen LogP contribution in [0.25, 0.3) is 10.9 Å². The van der Waals surface area contributed by atoms with Crippen LogP contribution in [0.4, 0.5) is 0 Å². The zero-order chi connectivity index (χ0) is 13.2. The first-order valence-corrected chi connectivity index (χ1v) is 7.66. The predicted molar refractivity (Wildman–Crippen MR) is 82.4 cm³/mol. The van der Waals surface area contributed by atoms with E-state index in [9.17, 15) is 5.11 Å². The Morgan fingerprint density at radius 3 is 2.89 bits per heavy atom. The van der Waals surface area contributed by atoms with Gasteiger partial charge in [-0.15, -0.1) is 11.3 Å². The van der Waals surface area contributed by atoms with E-state index in [-0.39, 0.29) is 0 Å². The van der Waals surface area contributed by atoms with E-state index in [2.05, 4.69) is 27.0 Å². The lowest BCUT2D eigenvalue weighted by molar-refractivity contribution is 0.182. The topological polar surface area (TPSA) is 33.1 Å². The van der Waals surface area contributed by atoms with Gasteiger partial charge in [0.25, 0.3) is 0 Å². The van der Waals surface area contributed by atoms with E-state index in [0.29, 0.717) is 6.42 Å². The first-order valence-electron chi connectivity index (χ1n) is 5.98. The molecule has 0 aliphatic rings. The number of aliphatic hydroxyl groups is 1. The van der Waals surface area contributed by atoms with Gasteiger partial charge >= 0.3 is 0 Å². The fourth-order valence-electron chi connectivity index (χ4n) is 2.14. The lowest BCUT2D eigenvalue weighted by Gasteiger charge is -2.10. The van der Waals surface area contributed by atoms with Gasteiger partial charge in [-0.1, -0.05) is 18.2 Å². The van der Waals surface area contributed by atoms with Gasteiger partial charge in [0, 0.05) is 32.7 Å². The Labute approximate surface area is 123 Å². The first kappa shape index (κ1) is 12.8. The first-order chi connectivity index (χ1) is 9.24. The molecule has 1 aromatic carbocycles. The van der Waals surface area contributed by atoms with Gasteiger partial charge in [-0.25, -0.2) is 0 Å². The zero-order valence-corrected chi connectivity index (χ0v) is 12.5. The quantitative estimate of drug-likeness (QED) is 0.773. The largest absolute Gasteiger partial charge is 0.387 e. The average Bonchev–Trinajstić information content (AvgIpc) is 2.86. The molecule has 2 aromatic heterocycles. The number of hydrogen-bond acceptors (Lipinski definition) is 3. The molecule has 0 bridgehead atoms. The van der Waals surface area contributed by atoms with Gasteiger partial charge in [-0.05, 0) is 39.7 Å². The van der Waals surface area contributed by atoms with Crippen LogP contribution in [-0.4, -0.2) is 10.1 Å².